The zero-order chi connectivity index (χ0) is 35.5. The lowest BCUT2D eigenvalue weighted by molar-refractivity contribution is -0.178. The van der Waals surface area contributed by atoms with Crippen molar-refractivity contribution < 1.29 is 46.8 Å². The molecule has 0 spiro atoms. The van der Waals surface area contributed by atoms with Crippen molar-refractivity contribution in [2.24, 2.45) is 5.92 Å². The molecular weight excluding hydrogens is 685 g/mol. The van der Waals surface area contributed by atoms with Crippen LogP contribution in [-0.2, 0) is 28.5 Å². The second-order valence-corrected chi connectivity index (χ2v) is 13.3. The van der Waals surface area contributed by atoms with Gasteiger partial charge in [0, 0.05) is 36.4 Å². The summed E-state index contributed by atoms with van der Waals surface area (Å²) in [6.45, 7) is 4.25. The standard InChI is InChI=1S/C31H33F3N8O7S/c1-15(43)10-48-30-28(42-9-22(37-40-42)18-4-20(32)27(34)21(33)5-18)16(2)25(12-47-17(3)44)49-31(30)50-26-13-46-11-24(29(26)45)41-8-23(38-39-41)19-6-35-14-36-7-19/h4-9,14,16,24-26,28-31,45H,10-13H2,1-3H3. The number of aliphatic hydroxyl groups is 1. The van der Waals surface area contributed by atoms with Gasteiger partial charge in [-0.05, 0) is 19.1 Å². The SMILES string of the molecule is CC(=O)COC1C(SC2COCC(n3cc(-c4cncnc4)nn3)C2O)OC(COC(C)=O)C(C)C1n1cc(-c2cc(F)c(F)c(F)c2)nn1. The van der Waals surface area contributed by atoms with Crippen LogP contribution in [0.15, 0.2) is 43.2 Å². The Labute approximate surface area is 287 Å². The van der Waals surface area contributed by atoms with Crippen molar-refractivity contribution in [3.05, 3.63) is 60.7 Å². The number of thioether (sulfide) groups is 1. The van der Waals surface area contributed by atoms with Crippen LogP contribution in [0, 0.1) is 23.4 Å². The second kappa shape index (κ2) is 15.3. The highest BCUT2D eigenvalue weighted by atomic mass is 32.2. The maximum absolute atomic E-state index is 14.1. The molecular formula is C31H33F3N8O7S. The average molecular weight is 719 g/mol. The number of hydrogen-bond donors (Lipinski definition) is 1. The molecule has 3 aromatic heterocycles. The van der Waals surface area contributed by atoms with E-state index >= 15 is 0 Å². The van der Waals surface area contributed by atoms with Gasteiger partial charge in [-0.1, -0.05) is 17.4 Å². The fourth-order valence-corrected chi connectivity index (χ4v) is 7.33. The van der Waals surface area contributed by atoms with Gasteiger partial charge in [-0.15, -0.1) is 22.0 Å². The number of benzene rings is 1. The van der Waals surface area contributed by atoms with Gasteiger partial charge in [0.05, 0.1) is 49.1 Å². The van der Waals surface area contributed by atoms with E-state index in [0.717, 1.165) is 12.1 Å². The summed E-state index contributed by atoms with van der Waals surface area (Å²) in [5.41, 5.74) is 0.242. The van der Waals surface area contributed by atoms with Gasteiger partial charge < -0.3 is 24.1 Å². The fourth-order valence-electron chi connectivity index (χ4n) is 5.87. The first kappa shape index (κ1) is 35.5. The molecule has 15 nitrogen and oxygen atoms in total. The summed E-state index contributed by atoms with van der Waals surface area (Å²) in [5.74, 6) is -5.69. The van der Waals surface area contributed by atoms with E-state index in [0.29, 0.717) is 11.3 Å². The minimum absolute atomic E-state index is 0.0424. The van der Waals surface area contributed by atoms with E-state index in [1.54, 1.807) is 25.5 Å². The lowest BCUT2D eigenvalue weighted by Crippen LogP contribution is -2.54. The highest BCUT2D eigenvalue weighted by Gasteiger charge is 2.49. The van der Waals surface area contributed by atoms with Gasteiger partial charge in [-0.3, -0.25) is 9.59 Å². The van der Waals surface area contributed by atoms with Crippen LogP contribution in [0.2, 0.25) is 0 Å². The number of ketones is 1. The number of esters is 1. The average Bonchev–Trinajstić information content (AvgIpc) is 3.78. The number of aromatic nitrogens is 8. The van der Waals surface area contributed by atoms with E-state index in [4.69, 9.17) is 18.9 Å². The van der Waals surface area contributed by atoms with Crippen molar-refractivity contribution in [2.75, 3.05) is 26.4 Å². The summed E-state index contributed by atoms with van der Waals surface area (Å²) >= 11 is 1.20. The minimum atomic E-state index is -1.61. The van der Waals surface area contributed by atoms with E-state index in [-0.39, 0.29) is 43.5 Å². The molecule has 1 aromatic carbocycles. The molecule has 2 aliphatic heterocycles. The van der Waals surface area contributed by atoms with Crippen molar-refractivity contribution in [2.45, 2.75) is 61.9 Å². The number of carbonyl (C=O) groups excluding carboxylic acids is 2. The van der Waals surface area contributed by atoms with Gasteiger partial charge in [-0.2, -0.15) is 0 Å². The third kappa shape index (κ3) is 7.70. The summed E-state index contributed by atoms with van der Waals surface area (Å²) in [6.07, 6.45) is 5.00. The van der Waals surface area contributed by atoms with E-state index in [1.165, 1.54) is 47.5 Å². The Morgan fingerprint density at radius 1 is 1.00 bits per heavy atom. The molecule has 50 heavy (non-hydrogen) atoms. The first-order valence-corrected chi connectivity index (χ1v) is 16.5. The number of hydrogen-bond acceptors (Lipinski definition) is 14. The van der Waals surface area contributed by atoms with Gasteiger partial charge in [0.2, 0.25) is 0 Å². The Balaban J connectivity index is 1.30. The Kier molecular flexibility index (Phi) is 10.9. The van der Waals surface area contributed by atoms with E-state index in [9.17, 15) is 27.9 Å². The molecule has 5 heterocycles. The molecule has 0 saturated carbocycles. The third-order valence-corrected chi connectivity index (χ3v) is 9.84. The molecule has 19 heteroatoms. The number of nitrogens with zero attached hydrogens (tertiary/aromatic N) is 8. The monoisotopic (exact) mass is 718 g/mol. The molecule has 1 N–H and O–H groups in total. The molecule has 0 amide bonds. The van der Waals surface area contributed by atoms with Crippen LogP contribution in [-0.4, -0.2) is 112 Å². The predicted octanol–water partition coefficient (Wildman–Crippen LogP) is 2.58. The van der Waals surface area contributed by atoms with Crippen LogP contribution < -0.4 is 0 Å². The summed E-state index contributed by atoms with van der Waals surface area (Å²) < 4.78 is 68.6. The van der Waals surface area contributed by atoms with Gasteiger partial charge >= 0.3 is 5.97 Å². The van der Waals surface area contributed by atoms with Gasteiger partial charge in [0.15, 0.2) is 23.2 Å². The zero-order valence-corrected chi connectivity index (χ0v) is 27.8. The number of halogens is 3. The van der Waals surface area contributed by atoms with Crippen molar-refractivity contribution in [3.63, 3.8) is 0 Å². The molecule has 4 aromatic rings. The van der Waals surface area contributed by atoms with Crippen LogP contribution in [0.4, 0.5) is 13.2 Å². The minimum Gasteiger partial charge on any atom is -0.463 e. The van der Waals surface area contributed by atoms with Crippen LogP contribution in [0.1, 0.15) is 32.9 Å². The molecule has 0 aliphatic carbocycles. The van der Waals surface area contributed by atoms with Gasteiger partial charge in [-0.25, -0.2) is 32.5 Å². The Morgan fingerprint density at radius 3 is 2.34 bits per heavy atom. The lowest BCUT2D eigenvalue weighted by atomic mass is 9.89. The third-order valence-electron chi connectivity index (χ3n) is 8.43. The van der Waals surface area contributed by atoms with Crippen molar-refractivity contribution in [1.82, 2.24) is 40.0 Å². The van der Waals surface area contributed by atoms with Crippen molar-refractivity contribution >= 4 is 23.5 Å². The maximum Gasteiger partial charge on any atom is 0.302 e. The highest BCUT2D eigenvalue weighted by Crippen LogP contribution is 2.43. The van der Waals surface area contributed by atoms with Crippen LogP contribution in [0.25, 0.3) is 22.5 Å². The Morgan fingerprint density at radius 2 is 1.66 bits per heavy atom. The van der Waals surface area contributed by atoms with Gasteiger partial charge in [0.1, 0.15) is 48.5 Å². The largest absolute Gasteiger partial charge is 0.463 e. The summed E-state index contributed by atoms with van der Waals surface area (Å²) in [7, 11) is 0. The first-order valence-electron chi connectivity index (χ1n) is 15.5. The Bertz CT molecular complexity index is 1790. The summed E-state index contributed by atoms with van der Waals surface area (Å²) in [6, 6.07) is 0.242. The molecule has 8 unspecified atom stereocenters. The van der Waals surface area contributed by atoms with Crippen LogP contribution in [0.3, 0.4) is 0 Å². The maximum atomic E-state index is 14.1. The molecule has 0 bridgehead atoms. The van der Waals surface area contributed by atoms with E-state index in [1.807, 2.05) is 0 Å². The van der Waals surface area contributed by atoms with Crippen molar-refractivity contribution in [1.29, 1.82) is 0 Å². The molecule has 2 saturated heterocycles. The fraction of sp³-hybridized carbons (Fsp3) is 0.484. The molecule has 2 fully saturated rings. The first-order chi connectivity index (χ1) is 24.0. The number of aliphatic hydroxyl groups excluding tert-OH is 1. The lowest BCUT2D eigenvalue weighted by Gasteiger charge is -2.46. The van der Waals surface area contributed by atoms with E-state index < -0.39 is 70.4 Å². The number of carbonyl (C=O) groups is 2. The molecule has 6 rings (SSSR count). The number of Topliss-reactive ketones (excluding diaryl/α,β-unsaturated/α-hetero) is 1. The van der Waals surface area contributed by atoms with Crippen LogP contribution >= 0.6 is 11.8 Å². The Hall–Kier alpha value is -4.30. The number of rotatable bonds is 11. The predicted molar refractivity (Wildman–Crippen MR) is 168 cm³/mol. The van der Waals surface area contributed by atoms with Gasteiger partial charge in [0.25, 0.3) is 0 Å². The zero-order valence-electron chi connectivity index (χ0n) is 27.0. The molecule has 266 valence electrons. The molecule has 8 atom stereocenters. The normalized spacial score (nSPS) is 26.9. The highest BCUT2D eigenvalue weighted by molar-refractivity contribution is 8.00. The molecule has 0 radical (unpaired) electrons. The van der Waals surface area contributed by atoms with Crippen molar-refractivity contribution in [3.8, 4) is 22.5 Å². The smallest absolute Gasteiger partial charge is 0.302 e. The second-order valence-electron chi connectivity index (χ2n) is 12.0. The quantitative estimate of drug-likeness (QED) is 0.177. The summed E-state index contributed by atoms with van der Waals surface area (Å²) in [5, 5.41) is 27.7. The van der Waals surface area contributed by atoms with E-state index in [2.05, 4.69) is 30.6 Å². The number of ether oxygens (including phenoxy) is 4. The van der Waals surface area contributed by atoms with Crippen LogP contribution in [0.5, 0.6) is 0 Å². The summed E-state index contributed by atoms with van der Waals surface area (Å²) in [4.78, 5) is 31.9. The molecule has 2 aliphatic rings. The topological polar surface area (TPSA) is 178 Å².